The van der Waals surface area contributed by atoms with Gasteiger partial charge in [-0.05, 0) is 24.6 Å². The van der Waals surface area contributed by atoms with Gasteiger partial charge in [-0.1, -0.05) is 17.4 Å². The Morgan fingerprint density at radius 2 is 2.20 bits per heavy atom. The minimum atomic E-state index is 0.629. The van der Waals surface area contributed by atoms with Crippen molar-refractivity contribution in [3.05, 3.63) is 39.8 Å². The fourth-order valence-corrected chi connectivity index (χ4v) is 3.62. The molecule has 0 aliphatic rings. The smallest absolute Gasteiger partial charge is 0.181 e. The highest BCUT2D eigenvalue weighted by Gasteiger charge is 2.02. The lowest BCUT2D eigenvalue weighted by molar-refractivity contribution is 0.685. The molecule has 0 radical (unpaired) electrons. The van der Waals surface area contributed by atoms with Crippen molar-refractivity contribution in [2.75, 3.05) is 12.3 Å². The molecule has 2 aromatic heterocycles. The van der Waals surface area contributed by atoms with Crippen molar-refractivity contribution in [1.82, 2.24) is 15.3 Å². The Hall–Kier alpha value is -1.50. The van der Waals surface area contributed by atoms with Crippen LogP contribution < -0.4 is 11.1 Å². The highest BCUT2D eigenvalue weighted by molar-refractivity contribution is 7.22. The maximum atomic E-state index is 5.71. The number of benzene rings is 1. The van der Waals surface area contributed by atoms with Crippen molar-refractivity contribution in [2.45, 2.75) is 19.9 Å². The molecule has 0 saturated heterocycles. The average Bonchev–Trinajstić information content (AvgIpc) is 2.99. The summed E-state index contributed by atoms with van der Waals surface area (Å²) in [6, 6.07) is 6.29. The summed E-state index contributed by atoms with van der Waals surface area (Å²) in [4.78, 5) is 8.72. The van der Waals surface area contributed by atoms with Crippen molar-refractivity contribution in [1.29, 1.82) is 0 Å². The monoisotopic (exact) mass is 304 g/mol. The number of aryl methyl sites for hydroxylation is 1. The van der Waals surface area contributed by atoms with Gasteiger partial charge in [-0.15, -0.1) is 11.3 Å². The van der Waals surface area contributed by atoms with Crippen LogP contribution in [0.4, 0.5) is 5.13 Å². The molecular weight excluding hydrogens is 288 g/mol. The molecule has 2 heterocycles. The van der Waals surface area contributed by atoms with Gasteiger partial charge in [-0.2, -0.15) is 0 Å². The lowest BCUT2D eigenvalue weighted by atomic mass is 10.2. The van der Waals surface area contributed by atoms with Gasteiger partial charge in [-0.3, -0.25) is 0 Å². The summed E-state index contributed by atoms with van der Waals surface area (Å²) < 4.78 is 1.15. The molecule has 1 aromatic carbocycles. The van der Waals surface area contributed by atoms with Gasteiger partial charge in [0.25, 0.3) is 0 Å². The van der Waals surface area contributed by atoms with E-state index in [0.717, 1.165) is 35.4 Å². The molecule has 4 nitrogen and oxygen atoms in total. The first-order valence-electron chi connectivity index (χ1n) is 6.47. The van der Waals surface area contributed by atoms with Gasteiger partial charge in [0.2, 0.25) is 0 Å². The van der Waals surface area contributed by atoms with E-state index in [1.165, 1.54) is 21.9 Å². The van der Waals surface area contributed by atoms with Crippen LogP contribution in [0.25, 0.3) is 10.2 Å². The number of hydrogen-bond donors (Lipinski definition) is 2. The van der Waals surface area contributed by atoms with Crippen LogP contribution >= 0.6 is 22.7 Å². The van der Waals surface area contributed by atoms with Crippen LogP contribution in [0.15, 0.2) is 23.6 Å². The molecule has 0 aliphatic carbocycles. The molecule has 104 valence electrons. The maximum Gasteiger partial charge on any atom is 0.181 e. The van der Waals surface area contributed by atoms with Gasteiger partial charge in [0.1, 0.15) is 0 Å². The van der Waals surface area contributed by atoms with Crippen LogP contribution in [0.2, 0.25) is 0 Å². The van der Waals surface area contributed by atoms with Crippen molar-refractivity contribution in [2.24, 2.45) is 0 Å². The molecule has 20 heavy (non-hydrogen) atoms. The van der Waals surface area contributed by atoms with Gasteiger partial charge in [0, 0.05) is 30.6 Å². The number of nitrogen functional groups attached to an aromatic ring is 1. The molecule has 3 rings (SSSR count). The third-order valence-electron chi connectivity index (χ3n) is 2.98. The number of nitrogens with one attached hydrogen (secondary N) is 1. The zero-order valence-corrected chi connectivity index (χ0v) is 12.9. The molecule has 0 bridgehead atoms. The minimum Gasteiger partial charge on any atom is -0.375 e. The first kappa shape index (κ1) is 13.5. The number of nitrogens with two attached hydrogens (primary N) is 1. The Bertz CT molecular complexity index is 717. The quantitative estimate of drug-likeness (QED) is 0.711. The zero-order valence-electron chi connectivity index (χ0n) is 11.2. The fourth-order valence-electron chi connectivity index (χ4n) is 2.04. The van der Waals surface area contributed by atoms with Gasteiger partial charge in [0.05, 0.1) is 15.2 Å². The molecule has 0 fully saturated rings. The largest absolute Gasteiger partial charge is 0.375 e. The predicted octanol–water partition coefficient (Wildman–Crippen LogP) is 2.98. The topological polar surface area (TPSA) is 63.8 Å². The second-order valence-electron chi connectivity index (χ2n) is 4.66. The number of anilines is 1. The van der Waals surface area contributed by atoms with Crippen LogP contribution in [0.5, 0.6) is 0 Å². The first-order valence-corrected chi connectivity index (χ1v) is 8.17. The molecule has 0 aliphatic heterocycles. The Morgan fingerprint density at radius 3 is 3.00 bits per heavy atom. The summed E-state index contributed by atoms with van der Waals surface area (Å²) >= 11 is 3.26. The summed E-state index contributed by atoms with van der Waals surface area (Å²) in [5.74, 6) is 0. The van der Waals surface area contributed by atoms with Crippen molar-refractivity contribution in [3.63, 3.8) is 0 Å². The van der Waals surface area contributed by atoms with E-state index in [0.29, 0.717) is 5.13 Å². The first-order chi connectivity index (χ1) is 9.70. The van der Waals surface area contributed by atoms with E-state index in [1.54, 1.807) is 11.3 Å². The summed E-state index contributed by atoms with van der Waals surface area (Å²) in [5.41, 5.74) is 9.07. The van der Waals surface area contributed by atoms with Gasteiger partial charge >= 0.3 is 0 Å². The molecule has 0 atom stereocenters. The number of rotatable bonds is 5. The van der Waals surface area contributed by atoms with E-state index < -0.39 is 0 Å². The number of nitrogens with zero attached hydrogens (tertiary/aromatic N) is 2. The highest BCUT2D eigenvalue weighted by Crippen LogP contribution is 2.24. The molecule has 0 amide bonds. The lowest BCUT2D eigenvalue weighted by Gasteiger charge is -2.03. The van der Waals surface area contributed by atoms with Crippen LogP contribution in [0.3, 0.4) is 0 Å². The van der Waals surface area contributed by atoms with E-state index in [-0.39, 0.29) is 0 Å². The van der Waals surface area contributed by atoms with Crippen LogP contribution in [-0.2, 0) is 13.0 Å². The second kappa shape index (κ2) is 5.87. The van der Waals surface area contributed by atoms with E-state index >= 15 is 0 Å². The van der Waals surface area contributed by atoms with Gasteiger partial charge in [0.15, 0.2) is 5.13 Å². The van der Waals surface area contributed by atoms with Crippen molar-refractivity contribution in [3.8, 4) is 0 Å². The average molecular weight is 304 g/mol. The standard InChI is InChI=1S/C14H16N4S2/c1-9-8-19-13(17-9)4-5-16-7-10-2-3-11-12(6-10)20-14(15)18-11/h2-3,6,8,16H,4-5,7H2,1H3,(H2,15,18). The minimum absolute atomic E-state index is 0.629. The van der Waals surface area contributed by atoms with Gasteiger partial charge < -0.3 is 11.1 Å². The Balaban J connectivity index is 1.54. The van der Waals surface area contributed by atoms with Crippen LogP contribution in [0, 0.1) is 6.92 Å². The number of fused-ring (bicyclic) bond motifs is 1. The molecule has 0 unspecified atom stereocenters. The Labute approximate surface area is 125 Å². The Morgan fingerprint density at radius 1 is 1.30 bits per heavy atom. The van der Waals surface area contributed by atoms with E-state index in [9.17, 15) is 0 Å². The summed E-state index contributed by atoms with van der Waals surface area (Å²) in [5, 5.41) is 7.37. The SMILES string of the molecule is Cc1csc(CCNCc2ccc3nc(N)sc3c2)n1. The molecule has 3 aromatic rings. The predicted molar refractivity (Wildman–Crippen MR) is 86.3 cm³/mol. The summed E-state index contributed by atoms with van der Waals surface area (Å²) in [6.07, 6.45) is 0.980. The lowest BCUT2D eigenvalue weighted by Crippen LogP contribution is -2.16. The normalized spacial score (nSPS) is 11.2. The van der Waals surface area contributed by atoms with Crippen molar-refractivity contribution >= 4 is 38.0 Å². The third-order valence-corrected chi connectivity index (χ3v) is 4.85. The van der Waals surface area contributed by atoms with Crippen LogP contribution in [0.1, 0.15) is 16.3 Å². The number of aromatic nitrogens is 2. The number of thiazole rings is 2. The highest BCUT2D eigenvalue weighted by atomic mass is 32.1. The Kier molecular flexibility index (Phi) is 3.95. The second-order valence-corrected chi connectivity index (χ2v) is 6.67. The third kappa shape index (κ3) is 3.15. The molecule has 6 heteroatoms. The fraction of sp³-hybridized carbons (Fsp3) is 0.286. The van der Waals surface area contributed by atoms with Crippen molar-refractivity contribution < 1.29 is 0 Å². The molecule has 3 N–H and O–H groups in total. The van der Waals surface area contributed by atoms with E-state index in [2.05, 4.69) is 32.8 Å². The molecule has 0 spiro atoms. The molecular formula is C14H16N4S2. The van der Waals surface area contributed by atoms with E-state index in [1.807, 2.05) is 13.0 Å². The summed E-state index contributed by atoms with van der Waals surface area (Å²) in [6.45, 7) is 3.83. The van der Waals surface area contributed by atoms with Gasteiger partial charge in [-0.25, -0.2) is 9.97 Å². The summed E-state index contributed by atoms with van der Waals surface area (Å²) in [7, 11) is 0. The van der Waals surface area contributed by atoms with E-state index in [4.69, 9.17) is 5.73 Å². The number of hydrogen-bond acceptors (Lipinski definition) is 6. The van der Waals surface area contributed by atoms with Crippen LogP contribution in [-0.4, -0.2) is 16.5 Å². The zero-order chi connectivity index (χ0) is 13.9. The maximum absolute atomic E-state index is 5.71. The molecule has 0 saturated carbocycles.